The Labute approximate surface area is 96.2 Å². The van der Waals surface area contributed by atoms with Gasteiger partial charge in [0.25, 0.3) is 0 Å². The molecule has 0 atom stereocenters. The highest BCUT2D eigenvalue weighted by Gasteiger charge is 1.97. The lowest BCUT2D eigenvalue weighted by molar-refractivity contribution is -0.121. The topological polar surface area (TPSA) is 67.4 Å². The molecule has 0 aromatic rings. The maximum absolute atomic E-state index is 11.0. The number of hydrogen-bond donors (Lipinski definition) is 2. The lowest BCUT2D eigenvalue weighted by Gasteiger charge is -2.06. The third-order valence-electron chi connectivity index (χ3n) is 1.79. The number of nitrogens with one attached hydrogen (secondary N) is 2. The SMILES string of the molecule is C=CCC(=O)NCCOCCNC(=O)CC. The van der Waals surface area contributed by atoms with E-state index in [1.807, 2.05) is 0 Å². The van der Waals surface area contributed by atoms with Gasteiger partial charge >= 0.3 is 0 Å². The molecule has 0 saturated heterocycles. The van der Waals surface area contributed by atoms with E-state index in [1.165, 1.54) is 0 Å². The van der Waals surface area contributed by atoms with Gasteiger partial charge in [-0.15, -0.1) is 6.58 Å². The molecule has 0 aliphatic carbocycles. The molecule has 0 heterocycles. The first-order chi connectivity index (χ1) is 7.70. The highest BCUT2D eigenvalue weighted by molar-refractivity contribution is 5.77. The second-order valence-electron chi connectivity index (χ2n) is 3.16. The summed E-state index contributed by atoms with van der Waals surface area (Å²) in [5.74, 6) is -0.0410. The molecule has 0 bridgehead atoms. The number of hydrogen-bond acceptors (Lipinski definition) is 3. The summed E-state index contributed by atoms with van der Waals surface area (Å²) in [6, 6.07) is 0. The molecule has 0 radical (unpaired) electrons. The van der Waals surface area contributed by atoms with Crippen molar-refractivity contribution in [1.29, 1.82) is 0 Å². The smallest absolute Gasteiger partial charge is 0.223 e. The predicted molar refractivity (Wildman–Crippen MR) is 61.9 cm³/mol. The lowest BCUT2D eigenvalue weighted by Crippen LogP contribution is -2.29. The number of carbonyl (C=O) groups is 2. The fourth-order valence-corrected chi connectivity index (χ4v) is 0.956. The van der Waals surface area contributed by atoms with Gasteiger partial charge in [-0.3, -0.25) is 9.59 Å². The third-order valence-corrected chi connectivity index (χ3v) is 1.79. The lowest BCUT2D eigenvalue weighted by atomic mass is 10.4. The molecule has 2 amide bonds. The van der Waals surface area contributed by atoms with E-state index in [4.69, 9.17) is 4.74 Å². The molecule has 5 nitrogen and oxygen atoms in total. The minimum Gasteiger partial charge on any atom is -0.378 e. The van der Waals surface area contributed by atoms with Crippen LogP contribution in [0.5, 0.6) is 0 Å². The van der Waals surface area contributed by atoms with Crippen LogP contribution in [0.2, 0.25) is 0 Å². The number of carbonyl (C=O) groups excluding carboxylic acids is 2. The molecule has 0 spiro atoms. The molecule has 2 N–H and O–H groups in total. The van der Waals surface area contributed by atoms with E-state index in [0.717, 1.165) is 0 Å². The Bertz CT molecular complexity index is 229. The first-order valence-electron chi connectivity index (χ1n) is 5.42. The van der Waals surface area contributed by atoms with Gasteiger partial charge in [-0.1, -0.05) is 13.0 Å². The van der Waals surface area contributed by atoms with E-state index >= 15 is 0 Å². The van der Waals surface area contributed by atoms with Crippen molar-refractivity contribution in [2.75, 3.05) is 26.3 Å². The zero-order valence-corrected chi connectivity index (χ0v) is 9.75. The molecular weight excluding hydrogens is 208 g/mol. The molecule has 0 saturated carbocycles. The van der Waals surface area contributed by atoms with E-state index < -0.39 is 0 Å². The summed E-state index contributed by atoms with van der Waals surface area (Å²) >= 11 is 0. The van der Waals surface area contributed by atoms with Crippen molar-refractivity contribution in [3.8, 4) is 0 Å². The normalized spacial score (nSPS) is 9.56. The summed E-state index contributed by atoms with van der Waals surface area (Å²) in [7, 11) is 0. The minimum absolute atomic E-state index is 0.0166. The standard InChI is InChI=1S/C11H20N2O3/c1-3-5-11(15)13-7-9-16-8-6-12-10(14)4-2/h3H,1,4-9H2,2H3,(H,12,14)(H,13,15). The molecule has 0 aliphatic rings. The third kappa shape index (κ3) is 9.21. The molecule has 16 heavy (non-hydrogen) atoms. The van der Waals surface area contributed by atoms with Crippen LogP contribution in [0.4, 0.5) is 0 Å². The Balaban J connectivity index is 3.18. The van der Waals surface area contributed by atoms with Gasteiger partial charge in [0, 0.05) is 25.9 Å². The average Bonchev–Trinajstić information content (AvgIpc) is 2.27. The molecule has 5 heteroatoms. The van der Waals surface area contributed by atoms with Gasteiger partial charge in [0.2, 0.25) is 11.8 Å². The highest BCUT2D eigenvalue weighted by atomic mass is 16.5. The maximum Gasteiger partial charge on any atom is 0.223 e. The summed E-state index contributed by atoms with van der Waals surface area (Å²) < 4.78 is 5.20. The summed E-state index contributed by atoms with van der Waals surface area (Å²) in [5.41, 5.74) is 0. The number of rotatable bonds is 9. The zero-order valence-electron chi connectivity index (χ0n) is 9.75. The molecule has 0 unspecified atom stereocenters. The monoisotopic (exact) mass is 228 g/mol. The average molecular weight is 228 g/mol. The van der Waals surface area contributed by atoms with Crippen LogP contribution in [0, 0.1) is 0 Å². The van der Waals surface area contributed by atoms with Crippen molar-refractivity contribution in [3.05, 3.63) is 12.7 Å². The van der Waals surface area contributed by atoms with E-state index in [9.17, 15) is 9.59 Å². The van der Waals surface area contributed by atoms with Gasteiger partial charge in [-0.2, -0.15) is 0 Å². The fraction of sp³-hybridized carbons (Fsp3) is 0.636. The summed E-state index contributed by atoms with van der Waals surface area (Å²) in [6.45, 7) is 7.16. The van der Waals surface area contributed by atoms with Crippen LogP contribution >= 0.6 is 0 Å². The summed E-state index contributed by atoms with van der Waals surface area (Å²) in [4.78, 5) is 21.8. The molecule has 0 aromatic heterocycles. The highest BCUT2D eigenvalue weighted by Crippen LogP contribution is 1.80. The van der Waals surface area contributed by atoms with Crippen LogP contribution in [-0.2, 0) is 14.3 Å². The van der Waals surface area contributed by atoms with Gasteiger partial charge in [0.1, 0.15) is 0 Å². The Morgan fingerprint density at radius 1 is 1.19 bits per heavy atom. The summed E-state index contributed by atoms with van der Waals surface area (Å²) in [5, 5.41) is 5.36. The van der Waals surface area contributed by atoms with E-state index in [1.54, 1.807) is 13.0 Å². The van der Waals surface area contributed by atoms with Gasteiger partial charge < -0.3 is 15.4 Å². The Kier molecular flexibility index (Phi) is 9.30. The summed E-state index contributed by atoms with van der Waals surface area (Å²) in [6.07, 6.45) is 2.36. The maximum atomic E-state index is 11.0. The van der Waals surface area contributed by atoms with Crippen LogP contribution in [0.1, 0.15) is 19.8 Å². The molecule has 0 rings (SSSR count). The quantitative estimate of drug-likeness (QED) is 0.438. The van der Waals surface area contributed by atoms with E-state index in [-0.39, 0.29) is 11.8 Å². The van der Waals surface area contributed by atoms with E-state index in [2.05, 4.69) is 17.2 Å². The van der Waals surface area contributed by atoms with E-state index in [0.29, 0.717) is 39.1 Å². The van der Waals surface area contributed by atoms with Crippen molar-refractivity contribution < 1.29 is 14.3 Å². The molecule has 0 fully saturated rings. The molecule has 0 aliphatic heterocycles. The van der Waals surface area contributed by atoms with Crippen molar-refractivity contribution >= 4 is 11.8 Å². The van der Waals surface area contributed by atoms with Crippen LogP contribution in [0.15, 0.2) is 12.7 Å². The fourth-order valence-electron chi connectivity index (χ4n) is 0.956. The van der Waals surface area contributed by atoms with Crippen LogP contribution < -0.4 is 10.6 Å². The Hall–Kier alpha value is -1.36. The Morgan fingerprint density at radius 3 is 2.25 bits per heavy atom. The van der Waals surface area contributed by atoms with Gasteiger partial charge in [0.05, 0.1) is 13.2 Å². The minimum atomic E-state index is -0.0575. The van der Waals surface area contributed by atoms with Gasteiger partial charge in [0.15, 0.2) is 0 Å². The Morgan fingerprint density at radius 2 is 1.75 bits per heavy atom. The number of ether oxygens (including phenoxy) is 1. The first-order valence-corrected chi connectivity index (χ1v) is 5.42. The molecular formula is C11H20N2O3. The largest absolute Gasteiger partial charge is 0.378 e. The second-order valence-corrected chi connectivity index (χ2v) is 3.16. The molecule has 0 aromatic carbocycles. The van der Waals surface area contributed by atoms with Gasteiger partial charge in [-0.25, -0.2) is 0 Å². The van der Waals surface area contributed by atoms with Crippen LogP contribution in [0.3, 0.4) is 0 Å². The van der Waals surface area contributed by atoms with Crippen molar-refractivity contribution in [2.24, 2.45) is 0 Å². The van der Waals surface area contributed by atoms with Crippen molar-refractivity contribution in [2.45, 2.75) is 19.8 Å². The van der Waals surface area contributed by atoms with Crippen molar-refractivity contribution in [3.63, 3.8) is 0 Å². The van der Waals surface area contributed by atoms with Crippen LogP contribution in [0.25, 0.3) is 0 Å². The van der Waals surface area contributed by atoms with Gasteiger partial charge in [-0.05, 0) is 0 Å². The predicted octanol–water partition coefficient (Wildman–Crippen LogP) is 0.222. The molecule has 92 valence electrons. The van der Waals surface area contributed by atoms with Crippen molar-refractivity contribution in [1.82, 2.24) is 10.6 Å². The van der Waals surface area contributed by atoms with Crippen LogP contribution in [-0.4, -0.2) is 38.1 Å². The zero-order chi connectivity index (χ0) is 12.2. The first kappa shape index (κ1) is 14.6. The second kappa shape index (κ2) is 10.2. The number of amides is 2.